The molecule has 0 aliphatic heterocycles. The molecule has 4 heteroatoms. The van der Waals surface area contributed by atoms with Crippen molar-refractivity contribution in [3.05, 3.63) is 35.9 Å². The quantitative estimate of drug-likeness (QED) is 0.728. The summed E-state index contributed by atoms with van der Waals surface area (Å²) in [7, 11) is 0. The second-order valence-electron chi connectivity index (χ2n) is 3.75. The van der Waals surface area contributed by atoms with E-state index in [2.05, 4.69) is 0 Å². The molecular weight excluding hydrogens is 232 g/mol. The largest absolute Gasteiger partial charge is 0.466 e. The van der Waals surface area contributed by atoms with Crippen molar-refractivity contribution in [1.29, 1.82) is 0 Å². The molecular formula is C14H18O4. The highest BCUT2D eigenvalue weighted by Gasteiger charge is 2.20. The number of benzene rings is 1. The van der Waals surface area contributed by atoms with E-state index in [-0.39, 0.29) is 24.8 Å². The van der Waals surface area contributed by atoms with Crippen molar-refractivity contribution < 1.29 is 19.1 Å². The molecule has 1 aromatic carbocycles. The predicted octanol–water partition coefficient (Wildman–Crippen LogP) is 2.63. The molecule has 98 valence electrons. The zero-order chi connectivity index (χ0) is 13.4. The summed E-state index contributed by atoms with van der Waals surface area (Å²) in [5.74, 6) is -0.691. The minimum atomic E-state index is -0.572. The average molecular weight is 250 g/mol. The van der Waals surface area contributed by atoms with Crippen LogP contribution in [-0.4, -0.2) is 18.5 Å². The zero-order valence-electron chi connectivity index (χ0n) is 10.7. The number of carbonyl (C=O) groups excluding carboxylic acids is 2. The first kappa shape index (κ1) is 14.2. The van der Waals surface area contributed by atoms with Gasteiger partial charge in [-0.1, -0.05) is 37.3 Å². The van der Waals surface area contributed by atoms with E-state index in [9.17, 15) is 9.59 Å². The summed E-state index contributed by atoms with van der Waals surface area (Å²) < 4.78 is 10.1. The monoisotopic (exact) mass is 250 g/mol. The Hall–Kier alpha value is -1.84. The van der Waals surface area contributed by atoms with Crippen LogP contribution < -0.4 is 0 Å². The number of esters is 2. The van der Waals surface area contributed by atoms with E-state index < -0.39 is 6.10 Å². The average Bonchev–Trinajstić information content (AvgIpc) is 2.39. The Labute approximate surface area is 107 Å². The summed E-state index contributed by atoms with van der Waals surface area (Å²) >= 11 is 0. The third-order valence-corrected chi connectivity index (χ3v) is 2.39. The standard InChI is InChI=1S/C14H18O4/c1-3-13(15)18-12(10-14(16)17-4-2)11-8-6-5-7-9-11/h5-9,12H,3-4,10H2,1-2H3/t12-/m1/s1. The van der Waals surface area contributed by atoms with Gasteiger partial charge in [0.15, 0.2) is 0 Å². The summed E-state index contributed by atoms with van der Waals surface area (Å²) in [6, 6.07) is 9.20. The number of hydrogen-bond donors (Lipinski definition) is 0. The molecule has 1 aromatic rings. The van der Waals surface area contributed by atoms with Gasteiger partial charge in [0.2, 0.25) is 0 Å². The molecule has 0 unspecified atom stereocenters. The van der Waals surface area contributed by atoms with E-state index in [0.717, 1.165) is 5.56 Å². The molecule has 4 nitrogen and oxygen atoms in total. The van der Waals surface area contributed by atoms with Gasteiger partial charge >= 0.3 is 11.9 Å². The van der Waals surface area contributed by atoms with E-state index in [1.54, 1.807) is 13.8 Å². The summed E-state index contributed by atoms with van der Waals surface area (Å²) in [6.07, 6.45) is -0.242. The number of hydrogen-bond acceptors (Lipinski definition) is 4. The molecule has 0 radical (unpaired) electrons. The van der Waals surface area contributed by atoms with Gasteiger partial charge in [0, 0.05) is 6.42 Å². The van der Waals surface area contributed by atoms with Crippen molar-refractivity contribution in [2.75, 3.05) is 6.61 Å². The molecule has 0 aromatic heterocycles. The van der Waals surface area contributed by atoms with Gasteiger partial charge in [0.1, 0.15) is 6.10 Å². The first-order valence-electron chi connectivity index (χ1n) is 6.07. The number of carbonyl (C=O) groups is 2. The van der Waals surface area contributed by atoms with Crippen molar-refractivity contribution in [2.45, 2.75) is 32.8 Å². The fraction of sp³-hybridized carbons (Fsp3) is 0.429. The maximum Gasteiger partial charge on any atom is 0.309 e. The maximum absolute atomic E-state index is 11.5. The first-order valence-corrected chi connectivity index (χ1v) is 6.07. The van der Waals surface area contributed by atoms with Gasteiger partial charge in [-0.05, 0) is 12.5 Å². The van der Waals surface area contributed by atoms with Crippen LogP contribution in [0.1, 0.15) is 38.4 Å². The second-order valence-corrected chi connectivity index (χ2v) is 3.75. The predicted molar refractivity (Wildman–Crippen MR) is 66.8 cm³/mol. The van der Waals surface area contributed by atoms with Gasteiger partial charge < -0.3 is 9.47 Å². The minimum absolute atomic E-state index is 0.0452. The Kier molecular flexibility index (Phi) is 5.91. The Morgan fingerprint density at radius 1 is 1.11 bits per heavy atom. The maximum atomic E-state index is 11.5. The molecule has 0 saturated carbocycles. The molecule has 0 fully saturated rings. The molecule has 0 saturated heterocycles. The lowest BCUT2D eigenvalue weighted by molar-refractivity contribution is -0.155. The van der Waals surface area contributed by atoms with E-state index in [1.165, 1.54) is 0 Å². The van der Waals surface area contributed by atoms with Gasteiger partial charge in [-0.15, -0.1) is 0 Å². The van der Waals surface area contributed by atoms with Crippen LogP contribution >= 0.6 is 0 Å². The number of ether oxygens (including phenoxy) is 2. The van der Waals surface area contributed by atoms with Gasteiger partial charge in [0.25, 0.3) is 0 Å². The van der Waals surface area contributed by atoms with Crippen molar-refractivity contribution in [3.63, 3.8) is 0 Å². The third kappa shape index (κ3) is 4.57. The lowest BCUT2D eigenvalue weighted by atomic mass is 10.1. The minimum Gasteiger partial charge on any atom is -0.466 e. The van der Waals surface area contributed by atoms with Crippen LogP contribution in [0.5, 0.6) is 0 Å². The molecule has 1 rings (SSSR count). The number of rotatable bonds is 6. The van der Waals surface area contributed by atoms with Gasteiger partial charge in [0.05, 0.1) is 13.0 Å². The summed E-state index contributed by atoms with van der Waals surface area (Å²) in [5.41, 5.74) is 0.798. The van der Waals surface area contributed by atoms with Crippen molar-refractivity contribution in [3.8, 4) is 0 Å². The van der Waals surface area contributed by atoms with Crippen molar-refractivity contribution in [2.24, 2.45) is 0 Å². The lowest BCUT2D eigenvalue weighted by Crippen LogP contribution is -2.16. The molecule has 0 aliphatic carbocycles. The fourth-order valence-corrected chi connectivity index (χ4v) is 1.51. The van der Waals surface area contributed by atoms with Crippen LogP contribution in [0.4, 0.5) is 0 Å². The van der Waals surface area contributed by atoms with E-state index >= 15 is 0 Å². The molecule has 0 aliphatic rings. The highest BCUT2D eigenvalue weighted by Crippen LogP contribution is 2.22. The molecule has 0 amide bonds. The SMILES string of the molecule is CCOC(=O)C[C@@H](OC(=O)CC)c1ccccc1. The Morgan fingerprint density at radius 3 is 2.33 bits per heavy atom. The topological polar surface area (TPSA) is 52.6 Å². The van der Waals surface area contributed by atoms with Gasteiger partial charge in [-0.3, -0.25) is 9.59 Å². The molecule has 0 N–H and O–H groups in total. The highest BCUT2D eigenvalue weighted by atomic mass is 16.6. The van der Waals surface area contributed by atoms with Gasteiger partial charge in [-0.25, -0.2) is 0 Å². The van der Waals surface area contributed by atoms with Crippen LogP contribution in [0.2, 0.25) is 0 Å². The van der Waals surface area contributed by atoms with Crippen molar-refractivity contribution >= 4 is 11.9 Å². The summed E-state index contributed by atoms with van der Waals surface area (Å²) in [6.45, 7) is 3.78. The highest BCUT2D eigenvalue weighted by molar-refractivity contribution is 5.72. The van der Waals surface area contributed by atoms with Crippen molar-refractivity contribution in [1.82, 2.24) is 0 Å². The van der Waals surface area contributed by atoms with Crippen LogP contribution in [-0.2, 0) is 19.1 Å². The van der Waals surface area contributed by atoms with Crippen LogP contribution in [0, 0.1) is 0 Å². The molecule has 0 heterocycles. The smallest absolute Gasteiger partial charge is 0.309 e. The van der Waals surface area contributed by atoms with Crippen LogP contribution in [0.25, 0.3) is 0 Å². The Bertz CT molecular complexity index is 386. The molecule has 18 heavy (non-hydrogen) atoms. The Balaban J connectivity index is 2.75. The van der Waals surface area contributed by atoms with E-state index in [0.29, 0.717) is 6.61 Å². The zero-order valence-corrected chi connectivity index (χ0v) is 10.7. The molecule has 0 bridgehead atoms. The van der Waals surface area contributed by atoms with E-state index in [4.69, 9.17) is 9.47 Å². The third-order valence-electron chi connectivity index (χ3n) is 2.39. The lowest BCUT2D eigenvalue weighted by Gasteiger charge is -2.17. The first-order chi connectivity index (χ1) is 8.67. The van der Waals surface area contributed by atoms with Crippen LogP contribution in [0.15, 0.2) is 30.3 Å². The van der Waals surface area contributed by atoms with Crippen LogP contribution in [0.3, 0.4) is 0 Å². The van der Waals surface area contributed by atoms with E-state index in [1.807, 2.05) is 30.3 Å². The summed E-state index contributed by atoms with van der Waals surface area (Å²) in [4.78, 5) is 22.8. The fourth-order valence-electron chi connectivity index (χ4n) is 1.51. The summed E-state index contributed by atoms with van der Waals surface area (Å²) in [5, 5.41) is 0. The molecule has 1 atom stereocenters. The van der Waals surface area contributed by atoms with Gasteiger partial charge in [-0.2, -0.15) is 0 Å². The molecule has 0 spiro atoms. The Morgan fingerprint density at radius 2 is 1.78 bits per heavy atom. The second kappa shape index (κ2) is 7.48. The normalized spacial score (nSPS) is 11.7.